The summed E-state index contributed by atoms with van der Waals surface area (Å²) in [5, 5.41) is 3.15. The van der Waals surface area contributed by atoms with E-state index in [1.165, 1.54) is 0 Å². The van der Waals surface area contributed by atoms with Crippen molar-refractivity contribution < 1.29 is 4.79 Å². The maximum absolute atomic E-state index is 12.5. The highest BCUT2D eigenvalue weighted by Gasteiger charge is 2.15. The molecular formula is C17H23N5O. The third kappa shape index (κ3) is 5.03. The third-order valence-corrected chi connectivity index (χ3v) is 3.39. The van der Waals surface area contributed by atoms with E-state index in [4.69, 9.17) is 0 Å². The predicted molar refractivity (Wildman–Crippen MR) is 92.9 cm³/mol. The van der Waals surface area contributed by atoms with Crippen molar-refractivity contribution in [2.24, 2.45) is 0 Å². The number of carbonyl (C=O) groups is 1. The molecule has 0 radical (unpaired) electrons. The van der Waals surface area contributed by atoms with Gasteiger partial charge in [0.1, 0.15) is 5.69 Å². The van der Waals surface area contributed by atoms with Crippen molar-refractivity contribution in [3.63, 3.8) is 0 Å². The molecule has 0 saturated heterocycles. The molecular weight excluding hydrogens is 290 g/mol. The molecule has 6 heteroatoms. The van der Waals surface area contributed by atoms with Gasteiger partial charge in [-0.2, -0.15) is 0 Å². The molecule has 0 saturated carbocycles. The van der Waals surface area contributed by atoms with Crippen LogP contribution in [0.5, 0.6) is 0 Å². The molecule has 0 aliphatic rings. The molecule has 1 heterocycles. The summed E-state index contributed by atoms with van der Waals surface area (Å²) >= 11 is 0. The van der Waals surface area contributed by atoms with E-state index >= 15 is 0 Å². The van der Waals surface area contributed by atoms with Crippen LogP contribution in [0.3, 0.4) is 0 Å². The average Bonchev–Trinajstić information content (AvgIpc) is 2.58. The lowest BCUT2D eigenvalue weighted by Gasteiger charge is -2.17. The number of amides is 1. The van der Waals surface area contributed by atoms with Crippen LogP contribution in [0, 0.1) is 0 Å². The van der Waals surface area contributed by atoms with Crippen LogP contribution in [0.4, 0.5) is 11.6 Å². The Morgan fingerprint density at radius 3 is 2.57 bits per heavy atom. The molecule has 0 aliphatic heterocycles. The van der Waals surface area contributed by atoms with Gasteiger partial charge in [-0.1, -0.05) is 18.2 Å². The summed E-state index contributed by atoms with van der Waals surface area (Å²) in [5.74, 6) is 0.325. The first kappa shape index (κ1) is 16.9. The third-order valence-electron chi connectivity index (χ3n) is 3.39. The quantitative estimate of drug-likeness (QED) is 0.793. The van der Waals surface area contributed by atoms with Crippen molar-refractivity contribution in [2.45, 2.75) is 6.42 Å². The Morgan fingerprint density at radius 1 is 1.13 bits per heavy atom. The van der Waals surface area contributed by atoms with Crippen LogP contribution >= 0.6 is 0 Å². The molecule has 0 atom stereocenters. The zero-order valence-electron chi connectivity index (χ0n) is 13.9. The van der Waals surface area contributed by atoms with Crippen LogP contribution in [-0.2, 0) is 0 Å². The fourth-order valence-electron chi connectivity index (χ4n) is 2.10. The van der Waals surface area contributed by atoms with E-state index in [0.29, 0.717) is 11.6 Å². The molecule has 2 aromatic rings. The molecule has 1 N–H and O–H groups in total. The minimum Gasteiger partial charge on any atom is -0.354 e. The second-order valence-electron chi connectivity index (χ2n) is 5.55. The number of rotatable bonds is 7. The molecule has 122 valence electrons. The van der Waals surface area contributed by atoms with Crippen molar-refractivity contribution in [3.8, 4) is 0 Å². The van der Waals surface area contributed by atoms with Crippen molar-refractivity contribution in [2.75, 3.05) is 44.4 Å². The van der Waals surface area contributed by atoms with Gasteiger partial charge < -0.3 is 15.1 Å². The number of nitrogens with zero attached hydrogens (tertiary/aromatic N) is 4. The number of hydrogen-bond acceptors (Lipinski definition) is 5. The fraction of sp³-hybridized carbons (Fsp3) is 0.353. The van der Waals surface area contributed by atoms with E-state index in [1.807, 2.05) is 44.4 Å². The monoisotopic (exact) mass is 313 g/mol. The lowest BCUT2D eigenvalue weighted by molar-refractivity contribution is 0.0988. The summed E-state index contributed by atoms with van der Waals surface area (Å²) in [5.41, 5.74) is 1.21. The van der Waals surface area contributed by atoms with Crippen molar-refractivity contribution in [1.29, 1.82) is 0 Å². The molecule has 2 rings (SSSR count). The Balaban J connectivity index is 2.00. The van der Waals surface area contributed by atoms with Gasteiger partial charge in [0.05, 0.1) is 0 Å². The van der Waals surface area contributed by atoms with E-state index in [9.17, 15) is 4.79 Å². The summed E-state index contributed by atoms with van der Waals surface area (Å²) in [6, 6.07) is 11.1. The maximum Gasteiger partial charge on any atom is 0.276 e. The van der Waals surface area contributed by atoms with Gasteiger partial charge in [-0.3, -0.25) is 4.79 Å². The van der Waals surface area contributed by atoms with Crippen molar-refractivity contribution in [3.05, 3.63) is 48.3 Å². The summed E-state index contributed by atoms with van der Waals surface area (Å²) in [6.45, 7) is 1.76. The highest BCUT2D eigenvalue weighted by atomic mass is 16.2. The molecule has 0 spiro atoms. The smallest absolute Gasteiger partial charge is 0.276 e. The maximum atomic E-state index is 12.5. The number of benzene rings is 1. The highest BCUT2D eigenvalue weighted by molar-refractivity contribution is 6.04. The summed E-state index contributed by atoms with van der Waals surface area (Å²) < 4.78 is 0. The topological polar surface area (TPSA) is 61.4 Å². The summed E-state index contributed by atoms with van der Waals surface area (Å²) in [7, 11) is 5.81. The van der Waals surface area contributed by atoms with E-state index in [2.05, 4.69) is 20.2 Å². The molecule has 0 bridgehead atoms. The number of hydrogen-bond donors (Lipinski definition) is 1. The molecule has 0 fully saturated rings. The van der Waals surface area contributed by atoms with Crippen LogP contribution in [-0.4, -0.2) is 55.0 Å². The van der Waals surface area contributed by atoms with Crippen LogP contribution in [0.1, 0.15) is 16.9 Å². The van der Waals surface area contributed by atoms with Gasteiger partial charge in [-0.15, -0.1) is 0 Å². The molecule has 1 amide bonds. The molecule has 1 aromatic heterocycles. The van der Waals surface area contributed by atoms with Crippen molar-refractivity contribution in [1.82, 2.24) is 14.9 Å². The molecule has 0 aliphatic carbocycles. The minimum absolute atomic E-state index is 0.157. The highest BCUT2D eigenvalue weighted by Crippen LogP contribution is 2.14. The van der Waals surface area contributed by atoms with Gasteiger partial charge in [0.2, 0.25) is 5.95 Å². The second-order valence-corrected chi connectivity index (χ2v) is 5.55. The molecule has 23 heavy (non-hydrogen) atoms. The Morgan fingerprint density at radius 2 is 1.87 bits per heavy atom. The Labute approximate surface area is 137 Å². The standard InChI is InChI=1S/C17H23N5O/c1-21(2)13-7-11-18-17-19-12-10-15(20-17)16(23)22(3)14-8-5-4-6-9-14/h4-6,8-10,12H,7,11,13H2,1-3H3,(H,18,19,20). The Hall–Kier alpha value is -2.47. The first-order chi connectivity index (χ1) is 11.1. The van der Waals surface area contributed by atoms with Crippen LogP contribution in [0.15, 0.2) is 42.6 Å². The largest absolute Gasteiger partial charge is 0.354 e. The molecule has 1 aromatic carbocycles. The Bertz CT molecular complexity index is 630. The predicted octanol–water partition coefficient (Wildman–Crippen LogP) is 2.12. The number of para-hydroxylation sites is 1. The van der Waals surface area contributed by atoms with Crippen molar-refractivity contribution >= 4 is 17.5 Å². The second kappa shape index (κ2) is 8.24. The SMILES string of the molecule is CN(C)CCCNc1nccc(C(=O)N(C)c2ccccc2)n1. The number of anilines is 2. The fourth-order valence-corrected chi connectivity index (χ4v) is 2.10. The summed E-state index contributed by atoms with van der Waals surface area (Å²) in [6.07, 6.45) is 2.59. The molecule has 0 unspecified atom stereocenters. The zero-order valence-corrected chi connectivity index (χ0v) is 13.9. The van der Waals surface area contributed by atoms with Crippen LogP contribution in [0.25, 0.3) is 0 Å². The average molecular weight is 313 g/mol. The zero-order chi connectivity index (χ0) is 16.7. The van der Waals surface area contributed by atoms with Gasteiger partial charge >= 0.3 is 0 Å². The van der Waals surface area contributed by atoms with E-state index in [0.717, 1.165) is 25.2 Å². The lowest BCUT2D eigenvalue weighted by Crippen LogP contribution is -2.27. The van der Waals surface area contributed by atoms with Gasteiger partial charge in [-0.25, -0.2) is 9.97 Å². The van der Waals surface area contributed by atoms with E-state index < -0.39 is 0 Å². The van der Waals surface area contributed by atoms with E-state index in [-0.39, 0.29) is 5.91 Å². The normalized spacial score (nSPS) is 10.6. The van der Waals surface area contributed by atoms with Crippen LogP contribution < -0.4 is 10.2 Å². The number of carbonyl (C=O) groups excluding carboxylic acids is 1. The Kier molecular flexibility index (Phi) is 6.05. The number of nitrogens with one attached hydrogen (secondary N) is 1. The van der Waals surface area contributed by atoms with E-state index in [1.54, 1.807) is 24.2 Å². The minimum atomic E-state index is -0.157. The van der Waals surface area contributed by atoms with Gasteiger partial charge in [0.25, 0.3) is 5.91 Å². The van der Waals surface area contributed by atoms with Gasteiger partial charge in [0.15, 0.2) is 0 Å². The van der Waals surface area contributed by atoms with Gasteiger partial charge in [-0.05, 0) is 45.3 Å². The van der Waals surface area contributed by atoms with Crippen LogP contribution in [0.2, 0.25) is 0 Å². The first-order valence-electron chi connectivity index (χ1n) is 7.62. The molecule has 6 nitrogen and oxygen atoms in total. The number of aromatic nitrogens is 2. The first-order valence-corrected chi connectivity index (χ1v) is 7.62. The lowest BCUT2D eigenvalue weighted by atomic mass is 10.2. The summed E-state index contributed by atoms with van der Waals surface area (Å²) in [4.78, 5) is 24.7. The van der Waals surface area contributed by atoms with Gasteiger partial charge in [0, 0.05) is 25.5 Å².